The number of halogens is 1. The fourth-order valence-electron chi connectivity index (χ4n) is 3.62. The van der Waals surface area contributed by atoms with Crippen molar-refractivity contribution in [3.63, 3.8) is 0 Å². The first kappa shape index (κ1) is 23.1. The molecule has 7 nitrogen and oxygen atoms in total. The number of aromatic nitrogens is 1. The van der Waals surface area contributed by atoms with Gasteiger partial charge in [0.1, 0.15) is 28.7 Å². The Balaban J connectivity index is 1.69. The molecule has 4 rings (SSSR count). The summed E-state index contributed by atoms with van der Waals surface area (Å²) in [5.74, 6) is -1.37. The number of aryl methyl sites for hydroxylation is 1. The van der Waals surface area contributed by atoms with Crippen LogP contribution in [0, 0.1) is 6.92 Å². The van der Waals surface area contributed by atoms with Crippen LogP contribution in [0.3, 0.4) is 0 Å². The van der Waals surface area contributed by atoms with Gasteiger partial charge >= 0.3 is 17.6 Å². The Morgan fingerprint density at radius 1 is 1.00 bits per heavy atom. The fourth-order valence-corrected chi connectivity index (χ4v) is 4.73. The van der Waals surface area contributed by atoms with E-state index in [0.29, 0.717) is 9.63 Å². The summed E-state index contributed by atoms with van der Waals surface area (Å²) in [6, 6.07) is 13.5. The predicted molar refractivity (Wildman–Crippen MR) is 126 cm³/mol. The Morgan fingerprint density at radius 2 is 1.64 bits per heavy atom. The molecule has 2 N–H and O–H groups in total. The number of anilines is 2. The van der Waals surface area contributed by atoms with E-state index in [-0.39, 0.29) is 33.1 Å². The molecule has 3 aromatic rings. The summed E-state index contributed by atoms with van der Waals surface area (Å²) in [6.07, 6.45) is 1.38. The van der Waals surface area contributed by atoms with Crippen LogP contribution in [-0.4, -0.2) is 21.6 Å². The molecule has 2 amide bonds. The Morgan fingerprint density at radius 3 is 2.24 bits per heavy atom. The van der Waals surface area contributed by atoms with Gasteiger partial charge in [-0.2, -0.15) is 0 Å². The highest BCUT2D eigenvalue weighted by Gasteiger charge is 2.49. The average molecular weight is 485 g/mol. The molecule has 0 saturated carbocycles. The zero-order valence-electron chi connectivity index (χ0n) is 18.5. The molecule has 0 spiro atoms. The third kappa shape index (κ3) is 4.17. The SMILES string of the molecule is Cc1ccc(N2C(=O)c3c(Cl)ccc(N[S+]([O-])c4ccc(C(C)(C)C)cc4)c3C2=O)[n+](O)c1. The normalized spacial score (nSPS) is 14.4. The van der Waals surface area contributed by atoms with Crippen LogP contribution < -0.4 is 14.4 Å². The second kappa shape index (κ2) is 8.37. The van der Waals surface area contributed by atoms with Gasteiger partial charge in [-0.1, -0.05) is 49.2 Å². The van der Waals surface area contributed by atoms with E-state index in [2.05, 4.69) is 25.5 Å². The number of carbonyl (C=O) groups excluding carboxylic acids is 2. The molecule has 0 fully saturated rings. The van der Waals surface area contributed by atoms with Gasteiger partial charge in [-0.3, -0.25) is 0 Å². The summed E-state index contributed by atoms with van der Waals surface area (Å²) in [5, 5.41) is 10.3. The van der Waals surface area contributed by atoms with Crippen LogP contribution in [0.5, 0.6) is 0 Å². The number of benzene rings is 2. The third-order valence-corrected chi connectivity index (χ3v) is 6.83. The minimum absolute atomic E-state index is 0.00711. The first-order chi connectivity index (χ1) is 15.5. The Hall–Kier alpha value is -3.07. The second-order valence-electron chi connectivity index (χ2n) is 8.85. The van der Waals surface area contributed by atoms with E-state index in [1.165, 1.54) is 24.4 Å². The minimum atomic E-state index is -1.69. The number of fused-ring (bicyclic) bond motifs is 1. The molecule has 0 radical (unpaired) electrons. The first-order valence-corrected chi connectivity index (χ1v) is 11.7. The van der Waals surface area contributed by atoms with E-state index < -0.39 is 23.2 Å². The zero-order valence-corrected chi connectivity index (χ0v) is 20.1. The Kier molecular flexibility index (Phi) is 5.86. The molecule has 1 aliphatic rings. The summed E-state index contributed by atoms with van der Waals surface area (Å²) < 4.78 is 16.6. The highest BCUT2D eigenvalue weighted by molar-refractivity contribution is 7.92. The maximum atomic E-state index is 13.3. The van der Waals surface area contributed by atoms with Gasteiger partial charge in [0.05, 0.1) is 10.7 Å². The molecule has 33 heavy (non-hydrogen) atoms. The van der Waals surface area contributed by atoms with Crippen molar-refractivity contribution in [2.75, 3.05) is 9.62 Å². The Bertz CT molecular complexity index is 1270. The molecule has 170 valence electrons. The van der Waals surface area contributed by atoms with Gasteiger partial charge in [-0.15, -0.1) is 4.90 Å². The van der Waals surface area contributed by atoms with Crippen molar-refractivity contribution < 1.29 is 24.1 Å². The van der Waals surface area contributed by atoms with Crippen molar-refractivity contribution >= 4 is 46.3 Å². The lowest BCUT2D eigenvalue weighted by Gasteiger charge is -2.19. The summed E-state index contributed by atoms with van der Waals surface area (Å²) in [6.45, 7) is 8.04. The molecular formula is C24H23ClN3O4S+. The number of imide groups is 1. The van der Waals surface area contributed by atoms with E-state index in [4.69, 9.17) is 11.6 Å². The predicted octanol–water partition coefficient (Wildman–Crippen LogP) is 4.41. The Labute approximate surface area is 199 Å². The summed E-state index contributed by atoms with van der Waals surface area (Å²) in [5.41, 5.74) is 2.01. The smallest absolute Gasteiger partial charge is 0.352 e. The van der Waals surface area contributed by atoms with Crippen LogP contribution in [0.2, 0.25) is 5.02 Å². The van der Waals surface area contributed by atoms with E-state index in [1.54, 1.807) is 25.1 Å². The van der Waals surface area contributed by atoms with Gasteiger partial charge in [0.2, 0.25) is 0 Å². The standard InChI is InChI=1S/C24H22ClN3O4S/c1-14-5-12-19(27(31)13-14)28-22(29)20-17(25)10-11-18(21(20)23(28)30)26-33(32)16-8-6-15(7-9-16)24(2,3)4/h5-13H,1-4H3,(H-,26,30,31)/p+1. The van der Waals surface area contributed by atoms with Crippen LogP contribution in [-0.2, 0) is 16.8 Å². The highest BCUT2D eigenvalue weighted by atomic mass is 35.5. The average Bonchev–Trinajstić information content (AvgIpc) is 3.01. The zero-order chi connectivity index (χ0) is 24.1. The van der Waals surface area contributed by atoms with Crippen molar-refractivity contribution in [3.05, 3.63) is 82.0 Å². The third-order valence-electron chi connectivity index (χ3n) is 5.41. The van der Waals surface area contributed by atoms with Gasteiger partial charge in [0, 0.05) is 6.07 Å². The molecule has 1 atom stereocenters. The molecule has 9 heteroatoms. The second-order valence-corrected chi connectivity index (χ2v) is 10.5. The number of pyridine rings is 1. The first-order valence-electron chi connectivity index (χ1n) is 10.2. The molecule has 2 aromatic carbocycles. The van der Waals surface area contributed by atoms with Gasteiger partial charge < -0.3 is 9.76 Å². The molecule has 0 bridgehead atoms. The highest BCUT2D eigenvalue weighted by Crippen LogP contribution is 2.37. The minimum Gasteiger partial charge on any atom is -0.588 e. The van der Waals surface area contributed by atoms with Crippen molar-refractivity contribution in [2.24, 2.45) is 0 Å². The maximum absolute atomic E-state index is 13.3. The van der Waals surface area contributed by atoms with Crippen molar-refractivity contribution in [2.45, 2.75) is 38.0 Å². The van der Waals surface area contributed by atoms with Gasteiger partial charge in [-0.25, -0.2) is 14.3 Å². The molecule has 0 aliphatic carbocycles. The topological polar surface area (TPSA) is 96.6 Å². The monoisotopic (exact) mass is 484 g/mol. The van der Waals surface area contributed by atoms with E-state index in [9.17, 15) is 19.3 Å². The van der Waals surface area contributed by atoms with Crippen LogP contribution in [0.25, 0.3) is 0 Å². The number of nitrogens with one attached hydrogen (secondary N) is 1. The fraction of sp³-hybridized carbons (Fsp3) is 0.208. The van der Waals surface area contributed by atoms with Gasteiger partial charge in [0.25, 0.3) is 0 Å². The van der Waals surface area contributed by atoms with Crippen LogP contribution >= 0.6 is 11.6 Å². The maximum Gasteiger partial charge on any atom is 0.352 e. The van der Waals surface area contributed by atoms with E-state index in [0.717, 1.165) is 16.0 Å². The molecule has 1 aromatic heterocycles. The lowest BCUT2D eigenvalue weighted by molar-refractivity contribution is -0.894. The number of carbonyl (C=O) groups is 2. The number of rotatable bonds is 4. The molecule has 2 heterocycles. The molecule has 1 unspecified atom stereocenters. The van der Waals surface area contributed by atoms with Crippen LogP contribution in [0.15, 0.2) is 59.6 Å². The summed E-state index contributed by atoms with van der Waals surface area (Å²) >= 11 is 4.57. The van der Waals surface area contributed by atoms with Crippen molar-refractivity contribution in [1.29, 1.82) is 0 Å². The lowest BCUT2D eigenvalue weighted by Crippen LogP contribution is -2.43. The number of amides is 2. The van der Waals surface area contributed by atoms with Gasteiger partial charge in [-0.05, 0) is 53.8 Å². The number of nitrogens with zero attached hydrogens (tertiary/aromatic N) is 2. The van der Waals surface area contributed by atoms with Gasteiger partial charge in [0.15, 0.2) is 4.90 Å². The van der Waals surface area contributed by atoms with Crippen molar-refractivity contribution in [3.8, 4) is 0 Å². The quantitative estimate of drug-likeness (QED) is 0.247. The van der Waals surface area contributed by atoms with Crippen LogP contribution in [0.4, 0.5) is 11.5 Å². The van der Waals surface area contributed by atoms with Crippen molar-refractivity contribution in [1.82, 2.24) is 0 Å². The summed E-state index contributed by atoms with van der Waals surface area (Å²) in [7, 11) is 0. The van der Waals surface area contributed by atoms with E-state index in [1.807, 2.05) is 12.1 Å². The molecule has 1 aliphatic heterocycles. The van der Waals surface area contributed by atoms with Crippen LogP contribution in [0.1, 0.15) is 52.6 Å². The lowest BCUT2D eigenvalue weighted by atomic mass is 9.87. The number of hydrogen-bond donors (Lipinski definition) is 2. The number of hydrogen-bond acceptors (Lipinski definition) is 5. The molecular weight excluding hydrogens is 462 g/mol. The summed E-state index contributed by atoms with van der Waals surface area (Å²) in [4.78, 5) is 27.7. The molecule has 0 saturated heterocycles. The largest absolute Gasteiger partial charge is 0.588 e. The van der Waals surface area contributed by atoms with E-state index >= 15 is 0 Å².